The van der Waals surface area contributed by atoms with Crippen LogP contribution in [0.4, 0.5) is 4.39 Å². The van der Waals surface area contributed by atoms with Gasteiger partial charge < -0.3 is 4.74 Å². The summed E-state index contributed by atoms with van der Waals surface area (Å²) < 4.78 is 19.1. The number of aryl methyl sites for hydroxylation is 2. The first-order chi connectivity index (χ1) is 9.11. The molecule has 0 spiro atoms. The number of ether oxygens (including phenoxy) is 1. The van der Waals surface area contributed by atoms with Crippen molar-refractivity contribution in [2.45, 2.75) is 20.5 Å². The molecule has 2 aromatic carbocycles. The lowest BCUT2D eigenvalue weighted by Crippen LogP contribution is -2.02. The van der Waals surface area contributed by atoms with E-state index >= 15 is 0 Å². The maximum atomic E-state index is 13.6. The molecule has 0 atom stereocenters. The fraction of sp³-hybridized carbons (Fsp3) is 0.188. The summed E-state index contributed by atoms with van der Waals surface area (Å²) in [6, 6.07) is 10.3. The minimum atomic E-state index is -0.519. The Bertz CT molecular complexity index is 606. The Kier molecular flexibility index (Phi) is 3.95. The molecule has 0 heterocycles. The van der Waals surface area contributed by atoms with Gasteiger partial charge in [0.2, 0.25) is 0 Å². The summed E-state index contributed by atoms with van der Waals surface area (Å²) in [6.07, 6.45) is 0.599. The van der Waals surface area contributed by atoms with Gasteiger partial charge in [0, 0.05) is 0 Å². The second-order valence-electron chi connectivity index (χ2n) is 4.49. The number of hydrogen-bond acceptors (Lipinski definition) is 2. The lowest BCUT2D eigenvalue weighted by Gasteiger charge is -2.11. The quantitative estimate of drug-likeness (QED) is 0.779. The second kappa shape index (κ2) is 5.65. The van der Waals surface area contributed by atoms with E-state index in [1.807, 2.05) is 32.0 Å². The molecule has 0 aliphatic heterocycles. The molecule has 2 nitrogen and oxygen atoms in total. The Morgan fingerprint density at radius 2 is 2.00 bits per heavy atom. The predicted molar refractivity (Wildman–Crippen MR) is 72.0 cm³/mol. The highest BCUT2D eigenvalue weighted by molar-refractivity contribution is 5.79. The molecule has 0 aromatic heterocycles. The molecule has 2 aromatic rings. The van der Waals surface area contributed by atoms with Gasteiger partial charge in [-0.1, -0.05) is 29.8 Å². The zero-order valence-electron chi connectivity index (χ0n) is 10.9. The highest BCUT2D eigenvalue weighted by Gasteiger charge is 2.10. The summed E-state index contributed by atoms with van der Waals surface area (Å²) in [5.41, 5.74) is 3.41. The molecule has 0 aliphatic rings. The molecule has 0 fully saturated rings. The third-order valence-electron chi connectivity index (χ3n) is 3.00. The van der Waals surface area contributed by atoms with Crippen LogP contribution in [-0.2, 0) is 6.61 Å². The van der Waals surface area contributed by atoms with Crippen LogP contribution in [0.1, 0.15) is 27.0 Å². The average molecular weight is 258 g/mol. The van der Waals surface area contributed by atoms with Crippen LogP contribution in [0.2, 0.25) is 0 Å². The third-order valence-corrected chi connectivity index (χ3v) is 3.00. The molecule has 19 heavy (non-hydrogen) atoms. The van der Waals surface area contributed by atoms with Crippen molar-refractivity contribution in [1.82, 2.24) is 0 Å². The smallest absolute Gasteiger partial charge is 0.165 e. The number of carbonyl (C=O) groups excluding carboxylic acids is 1. The molecule has 98 valence electrons. The maximum Gasteiger partial charge on any atom is 0.165 e. The number of para-hydroxylation sites is 1. The molecule has 0 unspecified atom stereocenters. The lowest BCUT2D eigenvalue weighted by atomic mass is 10.1. The minimum Gasteiger partial charge on any atom is -0.485 e. The van der Waals surface area contributed by atoms with Gasteiger partial charge in [0.1, 0.15) is 6.61 Å². The standard InChI is InChI=1S/C16H15FO2/c1-11-6-7-12(2)14(8-11)10-19-16-13(9-18)4-3-5-15(16)17/h3-9H,10H2,1-2H3. The van der Waals surface area contributed by atoms with E-state index in [0.29, 0.717) is 6.29 Å². The van der Waals surface area contributed by atoms with Crippen molar-refractivity contribution in [1.29, 1.82) is 0 Å². The van der Waals surface area contributed by atoms with E-state index in [4.69, 9.17) is 4.74 Å². The highest BCUT2D eigenvalue weighted by atomic mass is 19.1. The summed E-state index contributed by atoms with van der Waals surface area (Å²) in [7, 11) is 0. The van der Waals surface area contributed by atoms with Crippen LogP contribution in [-0.4, -0.2) is 6.29 Å². The van der Waals surface area contributed by atoms with Crippen molar-refractivity contribution in [3.63, 3.8) is 0 Å². The van der Waals surface area contributed by atoms with Crippen molar-refractivity contribution in [2.24, 2.45) is 0 Å². The Morgan fingerprint density at radius 1 is 1.21 bits per heavy atom. The molecule has 0 aliphatic carbocycles. The van der Waals surface area contributed by atoms with E-state index in [1.54, 1.807) is 0 Å². The summed E-state index contributed by atoms with van der Waals surface area (Å²) in [5.74, 6) is -0.506. The first-order valence-corrected chi connectivity index (χ1v) is 6.04. The van der Waals surface area contributed by atoms with Gasteiger partial charge in [-0.15, -0.1) is 0 Å². The Hall–Kier alpha value is -2.16. The Balaban J connectivity index is 2.23. The van der Waals surface area contributed by atoms with Crippen molar-refractivity contribution < 1.29 is 13.9 Å². The molecule has 0 saturated carbocycles. The first kappa shape index (κ1) is 13.3. The van der Waals surface area contributed by atoms with Crippen LogP contribution < -0.4 is 4.74 Å². The van der Waals surface area contributed by atoms with E-state index in [-0.39, 0.29) is 17.9 Å². The van der Waals surface area contributed by atoms with E-state index in [2.05, 4.69) is 0 Å². The molecule has 0 bridgehead atoms. The van der Waals surface area contributed by atoms with Gasteiger partial charge in [-0.3, -0.25) is 4.79 Å². The van der Waals surface area contributed by atoms with Crippen LogP contribution in [0, 0.1) is 19.7 Å². The van der Waals surface area contributed by atoms with E-state index in [9.17, 15) is 9.18 Å². The number of rotatable bonds is 4. The lowest BCUT2D eigenvalue weighted by molar-refractivity contribution is 0.111. The Labute approximate surface area is 111 Å². The number of benzene rings is 2. The number of hydrogen-bond donors (Lipinski definition) is 0. The number of carbonyl (C=O) groups is 1. The third kappa shape index (κ3) is 2.99. The second-order valence-corrected chi connectivity index (χ2v) is 4.49. The van der Waals surface area contributed by atoms with Gasteiger partial charge in [0.25, 0.3) is 0 Å². The minimum absolute atomic E-state index is 0.0124. The van der Waals surface area contributed by atoms with E-state index in [0.717, 1.165) is 16.7 Å². The number of aldehydes is 1. The normalized spacial score (nSPS) is 10.3. The van der Waals surface area contributed by atoms with Gasteiger partial charge in [-0.05, 0) is 37.1 Å². The topological polar surface area (TPSA) is 26.3 Å². The zero-order valence-corrected chi connectivity index (χ0v) is 10.9. The SMILES string of the molecule is Cc1ccc(C)c(COc2c(F)cccc2C=O)c1. The Morgan fingerprint density at radius 3 is 2.74 bits per heavy atom. The van der Waals surface area contributed by atoms with Crippen molar-refractivity contribution in [2.75, 3.05) is 0 Å². The molecule has 0 amide bonds. The highest BCUT2D eigenvalue weighted by Crippen LogP contribution is 2.23. The van der Waals surface area contributed by atoms with Crippen molar-refractivity contribution in [3.8, 4) is 5.75 Å². The fourth-order valence-electron chi connectivity index (χ4n) is 1.88. The molecule has 0 radical (unpaired) electrons. The first-order valence-electron chi connectivity index (χ1n) is 6.04. The van der Waals surface area contributed by atoms with Crippen LogP contribution in [0.25, 0.3) is 0 Å². The number of halogens is 1. The predicted octanol–water partition coefficient (Wildman–Crippen LogP) is 3.83. The van der Waals surface area contributed by atoms with Gasteiger partial charge >= 0.3 is 0 Å². The monoisotopic (exact) mass is 258 g/mol. The average Bonchev–Trinajstić information content (AvgIpc) is 2.40. The van der Waals surface area contributed by atoms with Gasteiger partial charge in [0.05, 0.1) is 5.56 Å². The van der Waals surface area contributed by atoms with Gasteiger partial charge in [0.15, 0.2) is 17.9 Å². The summed E-state index contributed by atoms with van der Waals surface area (Å²) >= 11 is 0. The van der Waals surface area contributed by atoms with Crippen LogP contribution in [0.15, 0.2) is 36.4 Å². The van der Waals surface area contributed by atoms with Gasteiger partial charge in [-0.2, -0.15) is 0 Å². The zero-order chi connectivity index (χ0) is 13.8. The van der Waals surface area contributed by atoms with Crippen molar-refractivity contribution >= 4 is 6.29 Å². The van der Waals surface area contributed by atoms with E-state index in [1.165, 1.54) is 18.2 Å². The van der Waals surface area contributed by atoms with Gasteiger partial charge in [-0.25, -0.2) is 4.39 Å². The summed E-state index contributed by atoms with van der Waals surface area (Å²) in [6.45, 7) is 4.21. The summed E-state index contributed by atoms with van der Waals surface area (Å²) in [5, 5.41) is 0. The molecular formula is C16H15FO2. The molecule has 0 N–H and O–H groups in total. The molecule has 2 rings (SSSR count). The summed E-state index contributed by atoms with van der Waals surface area (Å²) in [4.78, 5) is 10.9. The largest absolute Gasteiger partial charge is 0.485 e. The van der Waals surface area contributed by atoms with Crippen LogP contribution >= 0.6 is 0 Å². The molecule has 0 saturated heterocycles. The van der Waals surface area contributed by atoms with Crippen LogP contribution in [0.3, 0.4) is 0 Å². The van der Waals surface area contributed by atoms with Crippen molar-refractivity contribution in [3.05, 3.63) is 64.5 Å². The fourth-order valence-corrected chi connectivity index (χ4v) is 1.88. The van der Waals surface area contributed by atoms with E-state index < -0.39 is 5.82 Å². The maximum absolute atomic E-state index is 13.6. The molecular weight excluding hydrogens is 243 g/mol. The molecule has 3 heteroatoms. The van der Waals surface area contributed by atoms with Crippen LogP contribution in [0.5, 0.6) is 5.75 Å².